The van der Waals surface area contributed by atoms with Gasteiger partial charge in [0.05, 0.1) is 10.5 Å². The van der Waals surface area contributed by atoms with Crippen LogP contribution in [0, 0.1) is 0 Å². The number of sulfonamides is 1. The van der Waals surface area contributed by atoms with E-state index in [1.54, 1.807) is 12.1 Å². The van der Waals surface area contributed by atoms with Crippen LogP contribution in [0.1, 0.15) is 38.5 Å². The van der Waals surface area contributed by atoms with Crippen molar-refractivity contribution in [3.05, 3.63) is 27.1 Å². The van der Waals surface area contributed by atoms with Gasteiger partial charge in [-0.25, -0.2) is 13.1 Å². The third kappa shape index (κ3) is 4.76. The van der Waals surface area contributed by atoms with Gasteiger partial charge in [-0.3, -0.25) is 0 Å². The van der Waals surface area contributed by atoms with Crippen molar-refractivity contribution in [3.63, 3.8) is 0 Å². The molecule has 118 valence electrons. The fourth-order valence-electron chi connectivity index (χ4n) is 2.56. The van der Waals surface area contributed by atoms with Crippen molar-refractivity contribution in [2.45, 2.75) is 49.0 Å². The fraction of sp³-hybridized carbons (Fsp3) is 0.571. The molecule has 4 nitrogen and oxygen atoms in total. The van der Waals surface area contributed by atoms with Gasteiger partial charge < -0.3 is 5.11 Å². The van der Waals surface area contributed by atoms with Gasteiger partial charge in [0, 0.05) is 15.5 Å². The van der Waals surface area contributed by atoms with Crippen LogP contribution in [0.3, 0.4) is 0 Å². The van der Waals surface area contributed by atoms with Crippen molar-refractivity contribution in [2.75, 3.05) is 6.54 Å². The predicted molar refractivity (Wildman–Crippen MR) is 89.7 cm³/mol. The van der Waals surface area contributed by atoms with Crippen molar-refractivity contribution >= 4 is 41.9 Å². The van der Waals surface area contributed by atoms with Crippen LogP contribution in [0.25, 0.3) is 0 Å². The van der Waals surface area contributed by atoms with E-state index in [-0.39, 0.29) is 11.4 Å². The lowest BCUT2D eigenvalue weighted by Crippen LogP contribution is -2.42. The van der Waals surface area contributed by atoms with Crippen LogP contribution in [0.15, 0.2) is 32.0 Å². The maximum atomic E-state index is 12.4. The molecule has 7 heteroatoms. The van der Waals surface area contributed by atoms with E-state index in [0.29, 0.717) is 17.3 Å². The van der Waals surface area contributed by atoms with Crippen LogP contribution in [0.5, 0.6) is 0 Å². The van der Waals surface area contributed by atoms with Gasteiger partial charge in [-0.05, 0) is 47.0 Å². The lowest BCUT2D eigenvalue weighted by Gasteiger charge is -2.26. The Balaban J connectivity index is 2.10. The molecule has 0 aliphatic heterocycles. The second kappa shape index (κ2) is 7.08. The summed E-state index contributed by atoms with van der Waals surface area (Å²) >= 11 is 6.56. The Morgan fingerprint density at radius 3 is 2.33 bits per heavy atom. The maximum absolute atomic E-state index is 12.4. The van der Waals surface area contributed by atoms with Crippen LogP contribution in [-0.4, -0.2) is 25.7 Å². The van der Waals surface area contributed by atoms with Gasteiger partial charge >= 0.3 is 0 Å². The Bertz CT molecular complexity index is 596. The molecule has 0 bridgehead atoms. The van der Waals surface area contributed by atoms with E-state index in [0.717, 1.165) is 30.2 Å². The van der Waals surface area contributed by atoms with Crippen LogP contribution >= 0.6 is 31.9 Å². The summed E-state index contributed by atoms with van der Waals surface area (Å²) in [5, 5.41) is 10.5. The van der Waals surface area contributed by atoms with Crippen molar-refractivity contribution in [3.8, 4) is 0 Å². The number of aliphatic hydroxyl groups is 1. The standard InChI is InChI=1S/C14H19Br2NO3S/c15-11-5-6-13(12(16)9-11)21(19,20)17-10-14(18)7-3-1-2-4-8-14/h5-6,9,17-18H,1-4,7-8,10H2. The number of nitrogens with one attached hydrogen (secondary N) is 1. The summed E-state index contributed by atoms with van der Waals surface area (Å²) in [5.41, 5.74) is -0.925. The highest BCUT2D eigenvalue weighted by Gasteiger charge is 2.30. The Hall–Kier alpha value is 0.0500. The molecule has 1 aliphatic rings. The Morgan fingerprint density at radius 2 is 1.76 bits per heavy atom. The topological polar surface area (TPSA) is 66.4 Å². The lowest BCUT2D eigenvalue weighted by atomic mass is 9.95. The third-order valence-electron chi connectivity index (χ3n) is 3.81. The minimum Gasteiger partial charge on any atom is -0.389 e. The van der Waals surface area contributed by atoms with Crippen LogP contribution < -0.4 is 4.72 Å². The summed E-state index contributed by atoms with van der Waals surface area (Å²) < 4.78 is 28.6. The van der Waals surface area contributed by atoms with Gasteiger partial charge in [-0.2, -0.15) is 0 Å². The second-order valence-electron chi connectivity index (χ2n) is 5.54. The molecular formula is C14H19Br2NO3S. The molecule has 1 aromatic carbocycles. The summed E-state index contributed by atoms with van der Waals surface area (Å²) in [5.74, 6) is 0. The van der Waals surface area contributed by atoms with E-state index in [4.69, 9.17) is 0 Å². The average molecular weight is 441 g/mol. The minimum atomic E-state index is -3.63. The van der Waals surface area contributed by atoms with Gasteiger partial charge in [0.15, 0.2) is 0 Å². The van der Waals surface area contributed by atoms with Crippen molar-refractivity contribution in [1.29, 1.82) is 0 Å². The molecule has 0 saturated heterocycles. The van der Waals surface area contributed by atoms with Crippen molar-refractivity contribution in [2.24, 2.45) is 0 Å². The van der Waals surface area contributed by atoms with E-state index >= 15 is 0 Å². The van der Waals surface area contributed by atoms with Gasteiger partial charge in [-0.1, -0.05) is 41.6 Å². The van der Waals surface area contributed by atoms with E-state index in [2.05, 4.69) is 36.6 Å². The Labute approximate surface area is 142 Å². The molecule has 0 spiro atoms. The SMILES string of the molecule is O=S(=O)(NCC1(O)CCCCCC1)c1ccc(Br)cc1Br. The first-order chi connectivity index (χ1) is 9.82. The van der Waals surface area contributed by atoms with Gasteiger partial charge in [-0.15, -0.1) is 0 Å². The average Bonchev–Trinajstić information content (AvgIpc) is 2.62. The maximum Gasteiger partial charge on any atom is 0.241 e. The van der Waals surface area contributed by atoms with Gasteiger partial charge in [0.2, 0.25) is 10.0 Å². The molecule has 1 fully saturated rings. The molecule has 0 amide bonds. The smallest absolute Gasteiger partial charge is 0.241 e. The largest absolute Gasteiger partial charge is 0.389 e. The van der Waals surface area contributed by atoms with Crippen molar-refractivity contribution in [1.82, 2.24) is 4.72 Å². The first-order valence-electron chi connectivity index (χ1n) is 7.00. The normalized spacial score (nSPS) is 19.2. The van der Waals surface area contributed by atoms with E-state index in [9.17, 15) is 13.5 Å². The second-order valence-corrected chi connectivity index (χ2v) is 9.04. The molecular weight excluding hydrogens is 422 g/mol. The molecule has 21 heavy (non-hydrogen) atoms. The predicted octanol–water partition coefficient (Wildman–Crippen LogP) is 3.58. The summed E-state index contributed by atoms with van der Waals surface area (Å²) in [4.78, 5) is 0.183. The van der Waals surface area contributed by atoms with Gasteiger partial charge in [0.1, 0.15) is 0 Å². The molecule has 0 radical (unpaired) electrons. The van der Waals surface area contributed by atoms with Gasteiger partial charge in [0.25, 0.3) is 0 Å². The number of rotatable bonds is 4. The Morgan fingerprint density at radius 1 is 1.14 bits per heavy atom. The third-order valence-corrected chi connectivity index (χ3v) is 6.68. The first-order valence-corrected chi connectivity index (χ1v) is 10.1. The summed E-state index contributed by atoms with van der Waals surface area (Å²) in [6.45, 7) is 0.0673. The number of hydrogen-bond donors (Lipinski definition) is 2. The molecule has 1 saturated carbocycles. The number of halogens is 2. The highest BCUT2D eigenvalue weighted by Crippen LogP contribution is 2.28. The number of benzene rings is 1. The molecule has 2 rings (SSSR count). The Kier molecular flexibility index (Phi) is 5.87. The zero-order valence-corrected chi connectivity index (χ0v) is 15.6. The zero-order chi connectivity index (χ0) is 15.5. The summed E-state index contributed by atoms with van der Waals surface area (Å²) in [6.07, 6.45) is 5.40. The minimum absolute atomic E-state index is 0.0673. The quantitative estimate of drug-likeness (QED) is 0.703. The molecule has 2 N–H and O–H groups in total. The highest BCUT2D eigenvalue weighted by atomic mass is 79.9. The molecule has 0 aromatic heterocycles. The van der Waals surface area contributed by atoms with E-state index in [1.807, 2.05) is 0 Å². The molecule has 0 unspecified atom stereocenters. The van der Waals surface area contributed by atoms with E-state index < -0.39 is 15.6 Å². The summed E-state index contributed by atoms with van der Waals surface area (Å²) in [7, 11) is -3.63. The highest BCUT2D eigenvalue weighted by molar-refractivity contribution is 9.11. The lowest BCUT2D eigenvalue weighted by molar-refractivity contribution is 0.0303. The molecule has 0 atom stereocenters. The first kappa shape index (κ1) is 17.4. The van der Waals surface area contributed by atoms with E-state index in [1.165, 1.54) is 6.07 Å². The molecule has 0 heterocycles. The molecule has 1 aliphatic carbocycles. The zero-order valence-electron chi connectivity index (χ0n) is 11.6. The monoisotopic (exact) mass is 439 g/mol. The number of hydrogen-bond acceptors (Lipinski definition) is 3. The van der Waals surface area contributed by atoms with Crippen LogP contribution in [0.4, 0.5) is 0 Å². The molecule has 1 aromatic rings. The van der Waals surface area contributed by atoms with Crippen molar-refractivity contribution < 1.29 is 13.5 Å². The summed E-state index contributed by atoms with van der Waals surface area (Å²) in [6, 6.07) is 4.91. The van der Waals surface area contributed by atoms with Crippen LogP contribution in [-0.2, 0) is 10.0 Å². The fourth-order valence-corrected chi connectivity index (χ4v) is 5.43. The van der Waals surface area contributed by atoms with Crippen LogP contribution in [0.2, 0.25) is 0 Å².